The van der Waals surface area contributed by atoms with E-state index in [4.69, 9.17) is 4.74 Å². The molecule has 8 nitrogen and oxygen atoms in total. The number of carbonyl (C=O) groups excluding carboxylic acids is 2. The molecule has 4 rings (SSSR count). The highest BCUT2D eigenvalue weighted by atomic mass is 16.5. The zero-order valence-corrected chi connectivity index (χ0v) is 17.0. The van der Waals surface area contributed by atoms with Crippen LogP contribution in [0.2, 0.25) is 0 Å². The molecule has 0 N–H and O–H groups in total. The molecule has 8 heteroatoms. The number of hydrogen-bond acceptors (Lipinski definition) is 6. The quantitative estimate of drug-likeness (QED) is 0.718. The molecule has 0 bridgehead atoms. The molecule has 2 heterocycles. The van der Waals surface area contributed by atoms with Crippen molar-refractivity contribution < 1.29 is 14.3 Å². The van der Waals surface area contributed by atoms with Gasteiger partial charge in [0.05, 0.1) is 0 Å². The van der Waals surface area contributed by atoms with Crippen LogP contribution in [-0.2, 0) is 9.53 Å². The third kappa shape index (κ3) is 4.41. The fraction of sp³-hybridized carbons (Fsp3) is 0.667. The Morgan fingerprint density at radius 2 is 1.69 bits per heavy atom. The zero-order chi connectivity index (χ0) is 20.2. The zero-order valence-electron chi connectivity index (χ0n) is 17.0. The summed E-state index contributed by atoms with van der Waals surface area (Å²) >= 11 is 0. The van der Waals surface area contributed by atoms with Gasteiger partial charge in [-0.2, -0.15) is 4.98 Å². The van der Waals surface area contributed by atoms with E-state index in [1.54, 1.807) is 12.3 Å². The molecule has 2 aromatic heterocycles. The number of carbonyl (C=O) groups is 2. The van der Waals surface area contributed by atoms with Crippen LogP contribution in [0.25, 0.3) is 5.78 Å². The van der Waals surface area contributed by atoms with Crippen LogP contribution in [-0.4, -0.2) is 55.0 Å². The smallest absolute Gasteiger partial charge is 0.378 e. The van der Waals surface area contributed by atoms with E-state index in [1.807, 2.05) is 6.92 Å². The molecular weight excluding hydrogens is 370 g/mol. The predicted molar refractivity (Wildman–Crippen MR) is 106 cm³/mol. The van der Waals surface area contributed by atoms with Gasteiger partial charge >= 0.3 is 5.97 Å². The van der Waals surface area contributed by atoms with Crippen LogP contribution in [0, 0.1) is 6.92 Å². The minimum Gasteiger partial charge on any atom is -0.450 e. The number of ether oxygens (including phenoxy) is 1. The van der Waals surface area contributed by atoms with Gasteiger partial charge in [-0.25, -0.2) is 14.3 Å². The molecule has 1 amide bonds. The SMILES string of the molecule is Cc1ccnc2nc(C(=O)OCC(=O)N(C3CCCCC3)C3CCCCC3)nn12. The fourth-order valence-electron chi connectivity index (χ4n) is 4.68. The summed E-state index contributed by atoms with van der Waals surface area (Å²) in [5, 5.41) is 4.16. The monoisotopic (exact) mass is 399 g/mol. The Balaban J connectivity index is 1.43. The molecule has 29 heavy (non-hydrogen) atoms. The summed E-state index contributed by atoms with van der Waals surface area (Å²) < 4.78 is 6.82. The maximum absolute atomic E-state index is 13.1. The molecule has 0 radical (unpaired) electrons. The normalized spacial score (nSPS) is 18.7. The average molecular weight is 399 g/mol. The summed E-state index contributed by atoms with van der Waals surface area (Å²) in [5.41, 5.74) is 0.818. The standard InChI is InChI=1S/C21H29N5O3/c1-15-12-13-22-21-23-19(24-26(15)21)20(28)29-14-18(27)25(16-8-4-2-5-9-16)17-10-6-3-7-11-17/h12-13,16-17H,2-11,14H2,1H3. The molecule has 0 aliphatic heterocycles. The van der Waals surface area contributed by atoms with Crippen molar-refractivity contribution in [3.8, 4) is 0 Å². The van der Waals surface area contributed by atoms with E-state index in [2.05, 4.69) is 20.0 Å². The Hall–Kier alpha value is -2.51. The Labute approximate surface area is 170 Å². The molecule has 2 aliphatic carbocycles. The fourth-order valence-corrected chi connectivity index (χ4v) is 4.68. The Morgan fingerprint density at radius 3 is 2.28 bits per heavy atom. The van der Waals surface area contributed by atoms with Crippen LogP contribution >= 0.6 is 0 Å². The molecule has 2 aliphatic rings. The van der Waals surface area contributed by atoms with Gasteiger partial charge in [-0.15, -0.1) is 5.10 Å². The molecule has 2 saturated carbocycles. The number of aromatic nitrogens is 4. The first-order valence-electron chi connectivity index (χ1n) is 10.8. The average Bonchev–Trinajstić information content (AvgIpc) is 3.20. The molecule has 2 aromatic rings. The summed E-state index contributed by atoms with van der Waals surface area (Å²) in [5.74, 6) is -0.499. The van der Waals surface area contributed by atoms with Crippen molar-refractivity contribution in [3.05, 3.63) is 23.8 Å². The summed E-state index contributed by atoms with van der Waals surface area (Å²) in [7, 11) is 0. The number of aryl methyl sites for hydroxylation is 1. The lowest BCUT2D eigenvalue weighted by molar-refractivity contribution is -0.141. The van der Waals surface area contributed by atoms with Crippen LogP contribution in [0.15, 0.2) is 12.3 Å². The molecule has 2 fully saturated rings. The van der Waals surface area contributed by atoms with Gasteiger partial charge in [0.15, 0.2) is 6.61 Å². The van der Waals surface area contributed by atoms with E-state index in [0.717, 1.165) is 31.4 Å². The lowest BCUT2D eigenvalue weighted by Crippen LogP contribution is -2.50. The van der Waals surface area contributed by atoms with E-state index in [9.17, 15) is 9.59 Å². The number of hydrogen-bond donors (Lipinski definition) is 0. The van der Waals surface area contributed by atoms with Crippen LogP contribution in [0.1, 0.15) is 80.5 Å². The summed E-state index contributed by atoms with van der Waals surface area (Å²) in [6.07, 6.45) is 13.0. The van der Waals surface area contributed by atoms with Crippen LogP contribution in [0.5, 0.6) is 0 Å². The highest BCUT2D eigenvalue weighted by Gasteiger charge is 2.33. The van der Waals surface area contributed by atoms with Crippen LogP contribution in [0.4, 0.5) is 0 Å². The predicted octanol–water partition coefficient (Wildman–Crippen LogP) is 3.08. The van der Waals surface area contributed by atoms with Crippen molar-refractivity contribution in [3.63, 3.8) is 0 Å². The van der Waals surface area contributed by atoms with Gasteiger partial charge in [-0.3, -0.25) is 4.79 Å². The number of rotatable bonds is 5. The van der Waals surface area contributed by atoms with Crippen molar-refractivity contribution in [1.29, 1.82) is 0 Å². The molecular formula is C21H29N5O3. The van der Waals surface area contributed by atoms with Crippen molar-refractivity contribution >= 4 is 17.7 Å². The molecule has 0 unspecified atom stereocenters. The second-order valence-corrected chi connectivity index (χ2v) is 8.19. The number of esters is 1. The van der Waals surface area contributed by atoms with Gasteiger partial charge in [0, 0.05) is 24.0 Å². The Kier molecular flexibility index (Phi) is 6.06. The van der Waals surface area contributed by atoms with E-state index in [-0.39, 0.29) is 30.4 Å². The van der Waals surface area contributed by atoms with E-state index in [0.29, 0.717) is 5.78 Å². The summed E-state index contributed by atoms with van der Waals surface area (Å²) in [6.45, 7) is 1.60. The summed E-state index contributed by atoms with van der Waals surface area (Å²) in [6, 6.07) is 2.34. The highest BCUT2D eigenvalue weighted by molar-refractivity contribution is 5.88. The second kappa shape index (κ2) is 8.88. The Morgan fingerprint density at radius 1 is 1.07 bits per heavy atom. The molecule has 0 atom stereocenters. The first kappa shape index (κ1) is 19.8. The minimum atomic E-state index is -0.685. The second-order valence-electron chi connectivity index (χ2n) is 8.19. The number of fused-ring (bicyclic) bond motifs is 1. The minimum absolute atomic E-state index is 0.0681. The first-order chi connectivity index (χ1) is 14.1. The van der Waals surface area contributed by atoms with Crippen molar-refractivity contribution in [2.45, 2.75) is 83.2 Å². The molecule has 0 spiro atoms. The Bertz CT molecular complexity index is 850. The molecule has 0 saturated heterocycles. The van der Waals surface area contributed by atoms with Gasteiger partial charge in [0.25, 0.3) is 17.5 Å². The topological polar surface area (TPSA) is 89.7 Å². The molecule has 156 valence electrons. The van der Waals surface area contributed by atoms with Gasteiger partial charge in [-0.05, 0) is 38.7 Å². The third-order valence-electron chi connectivity index (χ3n) is 6.16. The molecule has 0 aromatic carbocycles. The van der Waals surface area contributed by atoms with Gasteiger partial charge in [-0.1, -0.05) is 38.5 Å². The number of amides is 1. The maximum Gasteiger partial charge on any atom is 0.378 e. The lowest BCUT2D eigenvalue weighted by atomic mass is 9.88. The van der Waals surface area contributed by atoms with Crippen molar-refractivity contribution in [1.82, 2.24) is 24.5 Å². The third-order valence-corrected chi connectivity index (χ3v) is 6.16. The van der Waals surface area contributed by atoms with E-state index >= 15 is 0 Å². The van der Waals surface area contributed by atoms with E-state index in [1.165, 1.54) is 43.0 Å². The highest BCUT2D eigenvalue weighted by Crippen LogP contribution is 2.30. The van der Waals surface area contributed by atoms with Gasteiger partial charge < -0.3 is 9.64 Å². The van der Waals surface area contributed by atoms with E-state index < -0.39 is 5.97 Å². The maximum atomic E-state index is 13.1. The van der Waals surface area contributed by atoms with Crippen molar-refractivity contribution in [2.24, 2.45) is 0 Å². The van der Waals surface area contributed by atoms with Crippen molar-refractivity contribution in [2.75, 3.05) is 6.61 Å². The van der Waals surface area contributed by atoms with Gasteiger partial charge in [0.2, 0.25) is 0 Å². The largest absolute Gasteiger partial charge is 0.450 e. The lowest BCUT2D eigenvalue weighted by Gasteiger charge is -2.41. The van der Waals surface area contributed by atoms with Crippen LogP contribution in [0.3, 0.4) is 0 Å². The van der Waals surface area contributed by atoms with Gasteiger partial charge in [0.1, 0.15) is 0 Å². The number of nitrogens with zero attached hydrogens (tertiary/aromatic N) is 5. The van der Waals surface area contributed by atoms with Crippen LogP contribution < -0.4 is 0 Å². The first-order valence-corrected chi connectivity index (χ1v) is 10.8. The summed E-state index contributed by atoms with van der Waals surface area (Å²) in [4.78, 5) is 35.8.